The summed E-state index contributed by atoms with van der Waals surface area (Å²) < 4.78 is 1.88. The van der Waals surface area contributed by atoms with Gasteiger partial charge in [-0.05, 0) is 35.7 Å². The molecule has 0 saturated heterocycles. The van der Waals surface area contributed by atoms with Crippen molar-refractivity contribution in [1.82, 2.24) is 4.57 Å². The van der Waals surface area contributed by atoms with E-state index in [1.165, 1.54) is 0 Å². The van der Waals surface area contributed by atoms with E-state index < -0.39 is 0 Å². The average molecular weight is 295 g/mol. The lowest BCUT2D eigenvalue weighted by Gasteiger charge is -2.05. The number of carbonyl (C=O) groups excluding carboxylic acids is 1. The van der Waals surface area contributed by atoms with Crippen molar-refractivity contribution in [2.24, 2.45) is 0 Å². The molecule has 0 aliphatic heterocycles. The smallest absolute Gasteiger partial charge is 0.182 e. The summed E-state index contributed by atoms with van der Waals surface area (Å²) in [6, 6.07) is 16.3. The Morgan fingerprint density at radius 2 is 1.90 bits per heavy atom. The van der Waals surface area contributed by atoms with Gasteiger partial charge in [0.2, 0.25) is 0 Å². The number of nitriles is 1. The molecular formula is C17H11ClN2O. The maximum absolute atomic E-state index is 12.3. The summed E-state index contributed by atoms with van der Waals surface area (Å²) in [5.41, 5.74) is 2.08. The van der Waals surface area contributed by atoms with E-state index >= 15 is 0 Å². The molecular weight excluding hydrogens is 284 g/mol. The van der Waals surface area contributed by atoms with Gasteiger partial charge >= 0.3 is 0 Å². The topological polar surface area (TPSA) is 45.8 Å². The lowest BCUT2D eigenvalue weighted by atomic mass is 10.1. The number of rotatable bonds is 3. The molecule has 0 atom stereocenters. The minimum atomic E-state index is -0.00281. The zero-order valence-electron chi connectivity index (χ0n) is 11.1. The minimum absolute atomic E-state index is 0.00281. The predicted octanol–water partition coefficient (Wildman–Crippen LogP) is 4.05. The fourth-order valence-corrected chi connectivity index (χ4v) is 2.44. The highest BCUT2D eigenvalue weighted by Gasteiger charge is 2.09. The second-order valence-corrected chi connectivity index (χ2v) is 5.20. The van der Waals surface area contributed by atoms with Gasteiger partial charge in [-0.15, -0.1) is 0 Å². The summed E-state index contributed by atoms with van der Waals surface area (Å²) in [6.45, 7) is 0.246. The molecule has 0 bridgehead atoms. The van der Waals surface area contributed by atoms with Gasteiger partial charge in [0.25, 0.3) is 0 Å². The van der Waals surface area contributed by atoms with Gasteiger partial charge in [-0.3, -0.25) is 4.79 Å². The summed E-state index contributed by atoms with van der Waals surface area (Å²) >= 11 is 6.01. The van der Waals surface area contributed by atoms with Crippen molar-refractivity contribution in [3.05, 3.63) is 70.9 Å². The Balaban J connectivity index is 1.89. The molecule has 3 aromatic rings. The van der Waals surface area contributed by atoms with Crippen LogP contribution in [-0.4, -0.2) is 10.4 Å². The van der Waals surface area contributed by atoms with Crippen LogP contribution < -0.4 is 0 Å². The zero-order chi connectivity index (χ0) is 14.8. The Labute approximate surface area is 127 Å². The summed E-state index contributed by atoms with van der Waals surface area (Å²) in [5, 5.41) is 10.5. The van der Waals surface area contributed by atoms with E-state index in [0.29, 0.717) is 16.1 Å². The van der Waals surface area contributed by atoms with Gasteiger partial charge in [-0.25, -0.2) is 0 Å². The maximum atomic E-state index is 12.3. The van der Waals surface area contributed by atoms with E-state index in [-0.39, 0.29) is 12.3 Å². The van der Waals surface area contributed by atoms with Crippen molar-refractivity contribution in [1.29, 1.82) is 5.26 Å². The van der Waals surface area contributed by atoms with Crippen LogP contribution in [0.25, 0.3) is 10.9 Å². The summed E-state index contributed by atoms with van der Waals surface area (Å²) in [4.78, 5) is 12.3. The van der Waals surface area contributed by atoms with Crippen LogP contribution in [-0.2, 0) is 6.54 Å². The number of aromatic nitrogens is 1. The van der Waals surface area contributed by atoms with Crippen LogP contribution in [0.4, 0.5) is 0 Å². The molecule has 0 N–H and O–H groups in total. The predicted molar refractivity (Wildman–Crippen MR) is 82.4 cm³/mol. The van der Waals surface area contributed by atoms with Crippen molar-refractivity contribution in [2.45, 2.75) is 6.54 Å². The average Bonchev–Trinajstić information content (AvgIpc) is 2.89. The van der Waals surface area contributed by atoms with Crippen LogP contribution >= 0.6 is 11.6 Å². The Morgan fingerprint density at radius 3 is 2.62 bits per heavy atom. The number of carbonyl (C=O) groups is 1. The molecule has 4 heteroatoms. The zero-order valence-corrected chi connectivity index (χ0v) is 11.8. The van der Waals surface area contributed by atoms with Gasteiger partial charge in [0.1, 0.15) is 0 Å². The normalized spacial score (nSPS) is 10.5. The fourth-order valence-electron chi connectivity index (χ4n) is 2.27. The van der Waals surface area contributed by atoms with Gasteiger partial charge in [0, 0.05) is 22.3 Å². The lowest BCUT2D eigenvalue weighted by molar-refractivity contribution is 0.0973. The highest BCUT2D eigenvalue weighted by Crippen LogP contribution is 2.21. The lowest BCUT2D eigenvalue weighted by Crippen LogP contribution is -2.09. The Morgan fingerprint density at radius 1 is 1.14 bits per heavy atom. The third-order valence-corrected chi connectivity index (χ3v) is 3.62. The van der Waals surface area contributed by atoms with Gasteiger partial charge in [0.15, 0.2) is 5.78 Å². The van der Waals surface area contributed by atoms with E-state index in [9.17, 15) is 4.79 Å². The van der Waals surface area contributed by atoms with Crippen LogP contribution in [0.5, 0.6) is 0 Å². The van der Waals surface area contributed by atoms with Crippen LogP contribution in [0.2, 0.25) is 5.02 Å². The molecule has 0 aliphatic carbocycles. The Kier molecular flexibility index (Phi) is 3.47. The highest BCUT2D eigenvalue weighted by atomic mass is 35.5. The van der Waals surface area contributed by atoms with E-state index in [4.69, 9.17) is 16.9 Å². The number of fused-ring (bicyclic) bond motifs is 1. The number of halogens is 1. The van der Waals surface area contributed by atoms with Crippen LogP contribution in [0.3, 0.4) is 0 Å². The number of hydrogen-bond donors (Lipinski definition) is 0. The molecule has 102 valence electrons. The molecule has 1 heterocycles. The molecule has 3 rings (SSSR count). The molecule has 0 amide bonds. The monoisotopic (exact) mass is 294 g/mol. The van der Waals surface area contributed by atoms with Crippen LogP contribution in [0.1, 0.15) is 15.9 Å². The molecule has 21 heavy (non-hydrogen) atoms. The third kappa shape index (κ3) is 2.67. The van der Waals surface area contributed by atoms with Gasteiger partial charge in [-0.2, -0.15) is 5.26 Å². The fraction of sp³-hybridized carbons (Fsp3) is 0.0588. The van der Waals surface area contributed by atoms with Crippen molar-refractivity contribution >= 4 is 28.3 Å². The second kappa shape index (κ2) is 5.43. The first-order valence-corrected chi connectivity index (χ1v) is 6.83. The standard InChI is InChI=1S/C17H11ClN2O/c18-15-6-5-13-7-8-20(16(13)9-15)11-17(21)14-3-1-12(10-19)2-4-14/h1-9H,11H2. The minimum Gasteiger partial charge on any atom is -0.340 e. The Hall–Kier alpha value is -2.57. The van der Waals surface area contributed by atoms with Crippen LogP contribution in [0.15, 0.2) is 54.7 Å². The number of nitrogens with zero attached hydrogens (tertiary/aromatic N) is 2. The van der Waals surface area contributed by atoms with Crippen molar-refractivity contribution in [3.8, 4) is 6.07 Å². The number of ketones is 1. The van der Waals surface area contributed by atoms with E-state index in [1.54, 1.807) is 24.3 Å². The van der Waals surface area contributed by atoms with E-state index in [1.807, 2.05) is 41.1 Å². The van der Waals surface area contributed by atoms with Crippen molar-refractivity contribution in [3.63, 3.8) is 0 Å². The molecule has 2 aromatic carbocycles. The van der Waals surface area contributed by atoms with E-state index in [2.05, 4.69) is 0 Å². The molecule has 0 aliphatic rings. The van der Waals surface area contributed by atoms with Crippen molar-refractivity contribution < 1.29 is 4.79 Å². The number of hydrogen-bond acceptors (Lipinski definition) is 2. The van der Waals surface area contributed by atoms with E-state index in [0.717, 1.165) is 10.9 Å². The molecule has 3 nitrogen and oxygen atoms in total. The first-order chi connectivity index (χ1) is 10.2. The second-order valence-electron chi connectivity index (χ2n) is 4.76. The molecule has 0 fully saturated rings. The number of Topliss-reactive ketones (excluding diaryl/α,β-unsaturated/α-hetero) is 1. The first-order valence-electron chi connectivity index (χ1n) is 6.45. The molecule has 0 spiro atoms. The molecule has 0 unspecified atom stereocenters. The van der Waals surface area contributed by atoms with Gasteiger partial charge in [-0.1, -0.05) is 29.8 Å². The van der Waals surface area contributed by atoms with Crippen LogP contribution in [0, 0.1) is 11.3 Å². The van der Waals surface area contributed by atoms with Gasteiger partial charge in [0.05, 0.1) is 18.2 Å². The summed E-state index contributed by atoms with van der Waals surface area (Å²) in [6.07, 6.45) is 1.88. The first kappa shape index (κ1) is 13.4. The Bertz CT molecular complexity index is 857. The van der Waals surface area contributed by atoms with Gasteiger partial charge < -0.3 is 4.57 Å². The largest absolute Gasteiger partial charge is 0.340 e. The molecule has 1 aromatic heterocycles. The summed E-state index contributed by atoms with van der Waals surface area (Å²) in [7, 11) is 0. The summed E-state index contributed by atoms with van der Waals surface area (Å²) in [5.74, 6) is -0.00281. The molecule has 0 radical (unpaired) electrons. The maximum Gasteiger partial charge on any atom is 0.182 e. The highest BCUT2D eigenvalue weighted by molar-refractivity contribution is 6.31. The SMILES string of the molecule is N#Cc1ccc(C(=O)Cn2ccc3ccc(Cl)cc32)cc1. The third-order valence-electron chi connectivity index (χ3n) is 3.39. The molecule has 0 saturated carbocycles. The quantitative estimate of drug-likeness (QED) is 0.684. The van der Waals surface area contributed by atoms with Crippen molar-refractivity contribution in [2.75, 3.05) is 0 Å². The number of benzene rings is 2.